The maximum atomic E-state index is 14.0. The Bertz CT molecular complexity index is 972. The van der Waals surface area contributed by atoms with Crippen molar-refractivity contribution in [1.29, 1.82) is 0 Å². The number of carbonyl (C=O) groups is 1. The van der Waals surface area contributed by atoms with E-state index in [4.69, 9.17) is 0 Å². The SMILES string of the molecule is O=C(NCC1C2CCC1CN(Cc1ccccc1)C2)C(O)(c1ccccc1)[C@H]1CCC(F)(F)C1. The molecule has 2 bridgehead atoms. The van der Waals surface area contributed by atoms with Crippen LogP contribution in [0.5, 0.6) is 0 Å². The molecule has 0 spiro atoms. The lowest BCUT2D eigenvalue weighted by molar-refractivity contribution is -0.149. The van der Waals surface area contributed by atoms with Crippen LogP contribution >= 0.6 is 0 Å². The quantitative estimate of drug-likeness (QED) is 0.625. The average Bonchev–Trinajstić information content (AvgIpc) is 3.33. The summed E-state index contributed by atoms with van der Waals surface area (Å²) in [7, 11) is 0. The van der Waals surface area contributed by atoms with Crippen molar-refractivity contribution in [1.82, 2.24) is 10.2 Å². The Labute approximate surface area is 200 Å². The molecule has 34 heavy (non-hydrogen) atoms. The van der Waals surface area contributed by atoms with Crippen LogP contribution in [0.15, 0.2) is 60.7 Å². The van der Waals surface area contributed by atoms with Gasteiger partial charge < -0.3 is 10.4 Å². The third-order valence-electron chi connectivity index (χ3n) is 8.41. The van der Waals surface area contributed by atoms with Crippen LogP contribution < -0.4 is 5.32 Å². The number of carbonyl (C=O) groups excluding carboxylic acids is 1. The van der Waals surface area contributed by atoms with Gasteiger partial charge >= 0.3 is 0 Å². The summed E-state index contributed by atoms with van der Waals surface area (Å²) < 4.78 is 28.1. The number of alkyl halides is 2. The van der Waals surface area contributed by atoms with Crippen LogP contribution in [0.1, 0.15) is 43.2 Å². The average molecular weight is 469 g/mol. The van der Waals surface area contributed by atoms with E-state index in [1.54, 1.807) is 30.3 Å². The third kappa shape index (κ3) is 4.63. The first kappa shape index (κ1) is 23.4. The minimum Gasteiger partial charge on any atom is -0.375 e. The van der Waals surface area contributed by atoms with Crippen LogP contribution in [0.3, 0.4) is 0 Å². The third-order valence-corrected chi connectivity index (χ3v) is 8.41. The summed E-state index contributed by atoms with van der Waals surface area (Å²) in [5.41, 5.74) is -0.223. The fourth-order valence-electron chi connectivity index (χ4n) is 6.63. The molecule has 0 radical (unpaired) electrons. The van der Waals surface area contributed by atoms with E-state index in [9.17, 15) is 18.7 Å². The molecule has 2 saturated carbocycles. The maximum absolute atomic E-state index is 14.0. The molecule has 3 fully saturated rings. The molecule has 1 amide bonds. The highest BCUT2D eigenvalue weighted by molar-refractivity contribution is 5.86. The lowest BCUT2D eigenvalue weighted by atomic mass is 9.78. The lowest BCUT2D eigenvalue weighted by Crippen LogP contribution is -2.52. The number of benzene rings is 2. The van der Waals surface area contributed by atoms with Gasteiger partial charge in [-0.05, 0) is 48.1 Å². The molecule has 6 heteroatoms. The van der Waals surface area contributed by atoms with E-state index in [1.165, 1.54) is 5.56 Å². The number of rotatable bonds is 7. The summed E-state index contributed by atoms with van der Waals surface area (Å²) in [6.45, 7) is 3.44. The molecule has 1 heterocycles. The first-order chi connectivity index (χ1) is 16.3. The van der Waals surface area contributed by atoms with Crippen LogP contribution in [0.2, 0.25) is 0 Å². The topological polar surface area (TPSA) is 52.6 Å². The summed E-state index contributed by atoms with van der Waals surface area (Å²) in [6, 6.07) is 19.1. The van der Waals surface area contributed by atoms with Gasteiger partial charge in [0.2, 0.25) is 5.92 Å². The highest BCUT2D eigenvalue weighted by Crippen LogP contribution is 2.48. The Hall–Kier alpha value is -2.31. The second kappa shape index (κ2) is 9.38. The number of likely N-dealkylation sites (tertiary alicyclic amines) is 1. The van der Waals surface area contributed by atoms with Gasteiger partial charge in [-0.2, -0.15) is 0 Å². The maximum Gasteiger partial charge on any atom is 0.256 e. The van der Waals surface area contributed by atoms with Crippen LogP contribution in [0.4, 0.5) is 8.78 Å². The standard InChI is InChI=1S/C28H34F2N2O2/c29-27(30)14-13-24(15-27)28(34,23-9-5-2-6-10-23)26(33)31-16-25-21-11-12-22(25)19-32(18-21)17-20-7-3-1-4-8-20/h1-10,21-22,24-25,34H,11-19H2,(H,31,33)/t21?,22?,24-,25?,28?/m0/s1. The number of hydrogen-bond acceptors (Lipinski definition) is 3. The summed E-state index contributed by atoms with van der Waals surface area (Å²) >= 11 is 0. The first-order valence-corrected chi connectivity index (χ1v) is 12.6. The van der Waals surface area contributed by atoms with Crippen molar-refractivity contribution < 1.29 is 18.7 Å². The molecule has 182 valence electrons. The molecule has 1 saturated heterocycles. The Morgan fingerprint density at radius 3 is 2.21 bits per heavy atom. The summed E-state index contributed by atoms with van der Waals surface area (Å²) in [5.74, 6) is -2.80. The Morgan fingerprint density at radius 2 is 1.62 bits per heavy atom. The minimum atomic E-state index is -2.83. The fourth-order valence-corrected chi connectivity index (χ4v) is 6.63. The van der Waals surface area contributed by atoms with Crippen molar-refractivity contribution in [2.75, 3.05) is 19.6 Å². The number of aliphatic hydroxyl groups is 1. The Kier molecular flexibility index (Phi) is 6.47. The van der Waals surface area contributed by atoms with Gasteiger partial charge in [0.25, 0.3) is 5.91 Å². The van der Waals surface area contributed by atoms with Gasteiger partial charge in [-0.25, -0.2) is 8.78 Å². The molecule has 5 rings (SSSR count). The van der Waals surface area contributed by atoms with Crippen LogP contribution in [0.25, 0.3) is 0 Å². The number of fused-ring (bicyclic) bond motifs is 2. The minimum absolute atomic E-state index is 0.134. The number of nitrogens with zero attached hydrogens (tertiary/aromatic N) is 1. The first-order valence-electron chi connectivity index (χ1n) is 12.6. The van der Waals surface area contributed by atoms with Crippen molar-refractivity contribution in [3.63, 3.8) is 0 Å². The van der Waals surface area contributed by atoms with E-state index in [0.717, 1.165) is 32.5 Å². The molecule has 0 aromatic heterocycles. The Morgan fingerprint density at radius 1 is 1.00 bits per heavy atom. The molecular weight excluding hydrogens is 434 g/mol. The van der Waals surface area contributed by atoms with E-state index in [0.29, 0.717) is 29.9 Å². The van der Waals surface area contributed by atoms with Gasteiger partial charge in [0.15, 0.2) is 5.60 Å². The second-order valence-corrected chi connectivity index (χ2v) is 10.6. The number of hydrogen-bond donors (Lipinski definition) is 2. The van der Waals surface area contributed by atoms with E-state index in [-0.39, 0.29) is 12.8 Å². The van der Waals surface area contributed by atoms with Crippen molar-refractivity contribution in [3.8, 4) is 0 Å². The number of halogens is 2. The second-order valence-electron chi connectivity index (χ2n) is 10.6. The molecule has 2 aromatic carbocycles. The Balaban J connectivity index is 1.25. The molecular formula is C28H34F2N2O2. The van der Waals surface area contributed by atoms with E-state index < -0.39 is 29.8 Å². The van der Waals surface area contributed by atoms with Crippen molar-refractivity contribution in [3.05, 3.63) is 71.8 Å². The predicted octanol–water partition coefficient (Wildman–Crippen LogP) is 4.58. The lowest BCUT2D eigenvalue weighted by Gasteiger charge is -2.39. The summed E-state index contributed by atoms with van der Waals surface area (Å²) in [6.07, 6.45) is 1.68. The molecule has 2 aliphatic carbocycles. The van der Waals surface area contributed by atoms with Gasteiger partial charge in [-0.1, -0.05) is 60.7 Å². The van der Waals surface area contributed by atoms with Gasteiger partial charge in [-0.15, -0.1) is 0 Å². The van der Waals surface area contributed by atoms with E-state index >= 15 is 0 Å². The van der Waals surface area contributed by atoms with Crippen LogP contribution in [0, 0.1) is 23.7 Å². The highest BCUT2D eigenvalue weighted by Gasteiger charge is 2.53. The van der Waals surface area contributed by atoms with Gasteiger partial charge in [0, 0.05) is 44.9 Å². The summed E-state index contributed by atoms with van der Waals surface area (Å²) in [4.78, 5) is 15.9. The molecule has 3 unspecified atom stereocenters. The zero-order valence-corrected chi connectivity index (χ0v) is 19.5. The molecule has 3 aliphatic rings. The molecule has 2 N–H and O–H groups in total. The van der Waals surface area contributed by atoms with Crippen molar-refractivity contribution in [2.45, 2.75) is 50.2 Å². The molecule has 4 atom stereocenters. The van der Waals surface area contributed by atoms with Gasteiger partial charge in [-0.3, -0.25) is 9.69 Å². The number of nitrogens with one attached hydrogen (secondary N) is 1. The summed E-state index contributed by atoms with van der Waals surface area (Å²) in [5, 5.41) is 14.6. The highest BCUT2D eigenvalue weighted by atomic mass is 19.3. The van der Waals surface area contributed by atoms with E-state index in [2.05, 4.69) is 34.5 Å². The number of piperidine rings is 1. The number of amides is 1. The molecule has 4 nitrogen and oxygen atoms in total. The fraction of sp³-hybridized carbons (Fsp3) is 0.536. The van der Waals surface area contributed by atoms with Crippen molar-refractivity contribution in [2.24, 2.45) is 23.7 Å². The van der Waals surface area contributed by atoms with Gasteiger partial charge in [0.05, 0.1) is 0 Å². The normalized spacial score (nSPS) is 30.1. The van der Waals surface area contributed by atoms with Gasteiger partial charge in [0.1, 0.15) is 0 Å². The smallest absolute Gasteiger partial charge is 0.256 e. The zero-order valence-electron chi connectivity index (χ0n) is 19.5. The zero-order chi connectivity index (χ0) is 23.8. The molecule has 2 aromatic rings. The van der Waals surface area contributed by atoms with Crippen LogP contribution in [-0.2, 0) is 16.9 Å². The largest absolute Gasteiger partial charge is 0.375 e. The van der Waals surface area contributed by atoms with Crippen LogP contribution in [-0.4, -0.2) is 41.5 Å². The monoisotopic (exact) mass is 468 g/mol. The van der Waals surface area contributed by atoms with E-state index in [1.807, 2.05) is 6.07 Å². The molecule has 1 aliphatic heterocycles. The van der Waals surface area contributed by atoms with Crippen molar-refractivity contribution >= 4 is 5.91 Å². The predicted molar refractivity (Wildman–Crippen MR) is 127 cm³/mol.